The first kappa shape index (κ1) is 9.68. The molecule has 0 bridgehead atoms. The fourth-order valence-corrected chi connectivity index (χ4v) is 1.80. The van der Waals surface area contributed by atoms with Gasteiger partial charge in [0.2, 0.25) is 5.28 Å². The maximum Gasteiger partial charge on any atom is 0.224 e. The van der Waals surface area contributed by atoms with E-state index < -0.39 is 0 Å². The smallest absolute Gasteiger partial charge is 0.224 e. The van der Waals surface area contributed by atoms with Crippen molar-refractivity contribution >= 4 is 44.3 Å². The molecule has 0 fully saturated rings. The van der Waals surface area contributed by atoms with Crippen molar-refractivity contribution in [2.75, 3.05) is 12.4 Å². The van der Waals surface area contributed by atoms with Crippen LogP contribution in [0.1, 0.15) is 0 Å². The summed E-state index contributed by atoms with van der Waals surface area (Å²) in [6.45, 7) is 0. The summed E-state index contributed by atoms with van der Waals surface area (Å²) < 4.78 is 0.993. The van der Waals surface area contributed by atoms with Gasteiger partial charge in [-0.05, 0) is 29.8 Å². The van der Waals surface area contributed by atoms with Crippen LogP contribution in [0.15, 0.2) is 22.7 Å². The SMILES string of the molecule is CNc1nc(Cl)nc2ccc(Br)cc12. The molecule has 0 spiro atoms. The minimum absolute atomic E-state index is 0.254. The summed E-state index contributed by atoms with van der Waals surface area (Å²) in [6, 6.07) is 5.77. The Hall–Kier alpha value is -0.870. The van der Waals surface area contributed by atoms with Crippen LogP contribution in [0, 0.1) is 0 Å². The summed E-state index contributed by atoms with van der Waals surface area (Å²) in [6.07, 6.45) is 0. The molecular formula is C9H7BrClN3. The van der Waals surface area contributed by atoms with Gasteiger partial charge in [-0.25, -0.2) is 9.97 Å². The summed E-state index contributed by atoms with van der Waals surface area (Å²) in [5, 5.41) is 4.19. The Bertz CT molecular complexity index is 487. The third-order valence-corrected chi connectivity index (χ3v) is 2.53. The van der Waals surface area contributed by atoms with Crippen LogP contribution in [-0.4, -0.2) is 17.0 Å². The quantitative estimate of drug-likeness (QED) is 0.811. The van der Waals surface area contributed by atoms with Crippen molar-refractivity contribution in [3.05, 3.63) is 28.0 Å². The first-order valence-electron chi connectivity index (χ1n) is 4.01. The van der Waals surface area contributed by atoms with E-state index in [1.807, 2.05) is 18.2 Å². The van der Waals surface area contributed by atoms with Gasteiger partial charge in [0.15, 0.2) is 0 Å². The number of benzene rings is 1. The molecule has 5 heteroatoms. The molecule has 0 amide bonds. The van der Waals surface area contributed by atoms with E-state index in [-0.39, 0.29) is 5.28 Å². The highest BCUT2D eigenvalue weighted by Crippen LogP contribution is 2.24. The lowest BCUT2D eigenvalue weighted by Crippen LogP contribution is -1.96. The second-order valence-corrected chi connectivity index (χ2v) is 4.01. The van der Waals surface area contributed by atoms with E-state index in [1.54, 1.807) is 7.05 Å². The van der Waals surface area contributed by atoms with E-state index >= 15 is 0 Å². The Morgan fingerprint density at radius 3 is 2.86 bits per heavy atom. The van der Waals surface area contributed by atoms with Gasteiger partial charge in [-0.3, -0.25) is 0 Å². The Morgan fingerprint density at radius 2 is 2.14 bits per heavy atom. The third kappa shape index (κ3) is 1.67. The number of fused-ring (bicyclic) bond motifs is 1. The van der Waals surface area contributed by atoms with E-state index in [2.05, 4.69) is 31.2 Å². The van der Waals surface area contributed by atoms with Gasteiger partial charge in [-0.2, -0.15) is 0 Å². The minimum atomic E-state index is 0.254. The van der Waals surface area contributed by atoms with E-state index in [0.29, 0.717) is 0 Å². The van der Waals surface area contributed by atoms with Gasteiger partial charge < -0.3 is 5.32 Å². The molecule has 0 aliphatic heterocycles. The average Bonchev–Trinajstić information content (AvgIpc) is 2.17. The lowest BCUT2D eigenvalue weighted by atomic mass is 10.2. The molecule has 0 unspecified atom stereocenters. The molecule has 0 saturated heterocycles. The molecule has 2 aromatic rings. The van der Waals surface area contributed by atoms with Crippen LogP contribution in [0.5, 0.6) is 0 Å². The summed E-state index contributed by atoms with van der Waals surface area (Å²) in [5.41, 5.74) is 0.831. The largest absolute Gasteiger partial charge is 0.372 e. The Balaban J connectivity index is 2.81. The van der Waals surface area contributed by atoms with Gasteiger partial charge >= 0.3 is 0 Å². The fourth-order valence-electron chi connectivity index (χ4n) is 1.26. The zero-order valence-electron chi connectivity index (χ0n) is 7.38. The van der Waals surface area contributed by atoms with Gasteiger partial charge in [0.1, 0.15) is 5.82 Å². The van der Waals surface area contributed by atoms with Crippen LogP contribution in [0.3, 0.4) is 0 Å². The highest BCUT2D eigenvalue weighted by molar-refractivity contribution is 9.10. The van der Waals surface area contributed by atoms with Gasteiger partial charge in [-0.1, -0.05) is 15.9 Å². The molecule has 2 rings (SSSR count). The number of hydrogen-bond donors (Lipinski definition) is 1. The van der Waals surface area contributed by atoms with E-state index in [9.17, 15) is 0 Å². The number of hydrogen-bond acceptors (Lipinski definition) is 3. The second-order valence-electron chi connectivity index (χ2n) is 2.75. The molecule has 14 heavy (non-hydrogen) atoms. The number of halogens is 2. The molecule has 1 heterocycles. The van der Waals surface area contributed by atoms with Crippen molar-refractivity contribution < 1.29 is 0 Å². The summed E-state index contributed by atoms with van der Waals surface area (Å²) >= 11 is 9.17. The molecule has 0 radical (unpaired) electrons. The first-order chi connectivity index (χ1) is 6.70. The lowest BCUT2D eigenvalue weighted by molar-refractivity contribution is 1.21. The zero-order chi connectivity index (χ0) is 10.1. The molecule has 0 saturated carbocycles. The topological polar surface area (TPSA) is 37.8 Å². The van der Waals surface area contributed by atoms with E-state index in [4.69, 9.17) is 11.6 Å². The molecule has 0 aliphatic rings. The number of nitrogens with one attached hydrogen (secondary N) is 1. The van der Waals surface area contributed by atoms with Crippen molar-refractivity contribution in [1.29, 1.82) is 0 Å². The van der Waals surface area contributed by atoms with Crippen molar-refractivity contribution in [1.82, 2.24) is 9.97 Å². The molecule has 72 valence electrons. The molecule has 0 aliphatic carbocycles. The van der Waals surface area contributed by atoms with Gasteiger partial charge in [0, 0.05) is 16.9 Å². The summed E-state index contributed by atoms with van der Waals surface area (Å²) in [7, 11) is 1.80. The predicted octanol–water partition coefficient (Wildman–Crippen LogP) is 3.09. The number of rotatable bonds is 1. The van der Waals surface area contributed by atoms with Crippen LogP contribution in [0.4, 0.5) is 5.82 Å². The average molecular weight is 273 g/mol. The summed E-state index contributed by atoms with van der Waals surface area (Å²) in [5.74, 6) is 0.737. The van der Waals surface area contributed by atoms with Crippen LogP contribution in [-0.2, 0) is 0 Å². The maximum atomic E-state index is 5.77. The van der Waals surface area contributed by atoms with Crippen LogP contribution >= 0.6 is 27.5 Å². The molecule has 0 atom stereocenters. The summed E-state index contributed by atoms with van der Waals surface area (Å²) in [4.78, 5) is 8.20. The zero-order valence-corrected chi connectivity index (χ0v) is 9.72. The second kappa shape index (κ2) is 3.71. The maximum absolute atomic E-state index is 5.77. The van der Waals surface area contributed by atoms with Crippen molar-refractivity contribution in [3.8, 4) is 0 Å². The van der Waals surface area contributed by atoms with E-state index in [0.717, 1.165) is 21.2 Å². The highest BCUT2D eigenvalue weighted by atomic mass is 79.9. The number of anilines is 1. The fraction of sp³-hybridized carbons (Fsp3) is 0.111. The van der Waals surface area contributed by atoms with Gasteiger partial charge in [0.05, 0.1) is 5.52 Å². The molecule has 1 aromatic carbocycles. The normalized spacial score (nSPS) is 10.5. The molecular weight excluding hydrogens is 265 g/mol. The van der Waals surface area contributed by atoms with Crippen LogP contribution in [0.25, 0.3) is 10.9 Å². The van der Waals surface area contributed by atoms with Crippen LogP contribution < -0.4 is 5.32 Å². The Morgan fingerprint density at radius 1 is 1.36 bits per heavy atom. The van der Waals surface area contributed by atoms with Crippen LogP contribution in [0.2, 0.25) is 5.28 Å². The standard InChI is InChI=1S/C9H7BrClN3/c1-12-8-6-4-5(10)2-3-7(6)13-9(11)14-8/h2-4H,1H3,(H,12,13,14). The molecule has 1 aromatic heterocycles. The lowest BCUT2D eigenvalue weighted by Gasteiger charge is -2.04. The Kier molecular flexibility index (Phi) is 2.56. The molecule has 3 nitrogen and oxygen atoms in total. The Labute approximate surface area is 94.6 Å². The van der Waals surface area contributed by atoms with Gasteiger partial charge in [-0.15, -0.1) is 0 Å². The number of aromatic nitrogens is 2. The third-order valence-electron chi connectivity index (χ3n) is 1.87. The van der Waals surface area contributed by atoms with Crippen molar-refractivity contribution in [2.45, 2.75) is 0 Å². The van der Waals surface area contributed by atoms with Gasteiger partial charge in [0.25, 0.3) is 0 Å². The molecule has 1 N–H and O–H groups in total. The van der Waals surface area contributed by atoms with E-state index in [1.165, 1.54) is 0 Å². The monoisotopic (exact) mass is 271 g/mol. The first-order valence-corrected chi connectivity index (χ1v) is 5.18. The number of nitrogens with zero attached hydrogens (tertiary/aromatic N) is 2. The predicted molar refractivity (Wildman–Crippen MR) is 61.8 cm³/mol. The minimum Gasteiger partial charge on any atom is -0.372 e. The van der Waals surface area contributed by atoms with Crippen molar-refractivity contribution in [3.63, 3.8) is 0 Å². The van der Waals surface area contributed by atoms with Crippen molar-refractivity contribution in [2.24, 2.45) is 0 Å². The highest BCUT2D eigenvalue weighted by Gasteiger charge is 2.04.